The van der Waals surface area contributed by atoms with Gasteiger partial charge in [0.15, 0.2) is 0 Å². The lowest BCUT2D eigenvalue weighted by Crippen LogP contribution is -2.53. The predicted molar refractivity (Wildman–Crippen MR) is 124 cm³/mol. The van der Waals surface area contributed by atoms with Crippen molar-refractivity contribution in [3.05, 3.63) is 48.3 Å². The van der Waals surface area contributed by atoms with Crippen molar-refractivity contribution in [1.82, 2.24) is 14.7 Å². The lowest BCUT2D eigenvalue weighted by Gasteiger charge is -2.26. The van der Waals surface area contributed by atoms with Crippen molar-refractivity contribution in [2.45, 2.75) is 38.3 Å². The van der Waals surface area contributed by atoms with Gasteiger partial charge in [0, 0.05) is 30.2 Å². The molecule has 0 bridgehead atoms. The lowest BCUT2D eigenvalue weighted by molar-refractivity contribution is -0.120. The van der Waals surface area contributed by atoms with E-state index in [-0.39, 0.29) is 18.3 Å². The minimum absolute atomic E-state index is 0.0731. The number of hydrogen-bond donors (Lipinski definition) is 2. The van der Waals surface area contributed by atoms with Gasteiger partial charge in [-0.25, -0.2) is 9.18 Å². The first-order valence-electron chi connectivity index (χ1n) is 10.8. The number of anilines is 1. The molecule has 0 radical (unpaired) electrons. The van der Waals surface area contributed by atoms with Gasteiger partial charge in [0.1, 0.15) is 22.7 Å². The Morgan fingerprint density at radius 1 is 1.18 bits per heavy atom. The number of halogens is 1. The van der Waals surface area contributed by atoms with E-state index >= 15 is 0 Å². The average Bonchev–Trinajstić information content (AvgIpc) is 3.29. The maximum atomic E-state index is 13.4. The van der Waals surface area contributed by atoms with Gasteiger partial charge in [-0.2, -0.15) is 5.10 Å². The number of fused-ring (bicyclic) bond motifs is 1. The normalized spacial score (nSPS) is 18.5. The van der Waals surface area contributed by atoms with E-state index in [0.717, 1.165) is 16.5 Å². The molecule has 1 saturated heterocycles. The van der Waals surface area contributed by atoms with E-state index in [4.69, 9.17) is 10.5 Å². The van der Waals surface area contributed by atoms with E-state index in [0.29, 0.717) is 24.3 Å². The van der Waals surface area contributed by atoms with Crippen molar-refractivity contribution in [2.75, 3.05) is 18.4 Å². The van der Waals surface area contributed by atoms with Gasteiger partial charge < -0.3 is 20.7 Å². The van der Waals surface area contributed by atoms with Crippen LogP contribution in [0, 0.1) is 5.82 Å². The summed E-state index contributed by atoms with van der Waals surface area (Å²) in [6, 6.07) is 11.6. The molecule has 1 aliphatic heterocycles. The number of hydrogen-bond acceptors (Lipinski definition) is 5. The van der Waals surface area contributed by atoms with Crippen LogP contribution in [0.2, 0.25) is 0 Å². The largest absolute Gasteiger partial charge is 0.444 e. The highest BCUT2D eigenvalue weighted by Gasteiger charge is 2.44. The van der Waals surface area contributed by atoms with Gasteiger partial charge in [0.05, 0.1) is 12.1 Å². The quantitative estimate of drug-likeness (QED) is 0.630. The van der Waals surface area contributed by atoms with Gasteiger partial charge in [0.25, 0.3) is 0 Å². The fourth-order valence-corrected chi connectivity index (χ4v) is 3.92. The molecular formula is C24H28FN5O3. The van der Waals surface area contributed by atoms with Crippen molar-refractivity contribution in [3.8, 4) is 11.3 Å². The number of carbonyl (C=O) groups is 2. The van der Waals surface area contributed by atoms with E-state index in [9.17, 15) is 14.0 Å². The molecule has 1 aliphatic rings. The first-order valence-corrected chi connectivity index (χ1v) is 10.8. The fraction of sp³-hybridized carbons (Fsp3) is 0.375. The number of likely N-dealkylation sites (tertiary alicyclic amines) is 1. The Morgan fingerprint density at radius 2 is 1.88 bits per heavy atom. The molecule has 3 N–H and O–H groups in total. The summed E-state index contributed by atoms with van der Waals surface area (Å²) in [7, 11) is 1.83. The third-order valence-corrected chi connectivity index (χ3v) is 5.63. The molecule has 1 unspecified atom stereocenters. The van der Waals surface area contributed by atoms with Crippen LogP contribution in [0.3, 0.4) is 0 Å². The van der Waals surface area contributed by atoms with Gasteiger partial charge in [-0.1, -0.05) is 0 Å². The molecule has 0 saturated carbocycles. The van der Waals surface area contributed by atoms with E-state index in [1.807, 2.05) is 19.2 Å². The van der Waals surface area contributed by atoms with Crippen molar-refractivity contribution in [2.24, 2.45) is 12.8 Å². The molecule has 1 fully saturated rings. The summed E-state index contributed by atoms with van der Waals surface area (Å²) in [5.74, 6) is -0.697. The fourth-order valence-electron chi connectivity index (χ4n) is 3.92. The van der Waals surface area contributed by atoms with Crippen molar-refractivity contribution < 1.29 is 18.7 Å². The lowest BCUT2D eigenvalue weighted by atomic mass is 9.99. The Morgan fingerprint density at radius 3 is 2.55 bits per heavy atom. The summed E-state index contributed by atoms with van der Waals surface area (Å²) < 4.78 is 20.5. The number of carbonyl (C=O) groups excluding carboxylic acids is 2. The van der Waals surface area contributed by atoms with Crippen LogP contribution in [0.4, 0.5) is 14.9 Å². The standard InChI is InChI=1S/C24H28FN5O3/c1-23(2,3)33-22(32)30-12-11-24(26,14-30)21(31)27-17-9-10-19-18(13-17)20(28-29(19)4)15-5-7-16(25)8-6-15/h5-10,13H,11-12,14,26H2,1-4H3,(H,27,31). The van der Waals surface area contributed by atoms with E-state index in [1.165, 1.54) is 17.0 Å². The molecule has 2 aromatic carbocycles. The number of nitrogens with zero attached hydrogens (tertiary/aromatic N) is 3. The highest BCUT2D eigenvalue weighted by Crippen LogP contribution is 2.31. The van der Waals surface area contributed by atoms with Crippen LogP contribution in [-0.2, 0) is 16.6 Å². The zero-order valence-corrected chi connectivity index (χ0v) is 19.2. The monoisotopic (exact) mass is 453 g/mol. The number of benzene rings is 2. The number of nitrogens with one attached hydrogen (secondary N) is 1. The summed E-state index contributed by atoms with van der Waals surface area (Å²) >= 11 is 0. The van der Waals surface area contributed by atoms with E-state index in [1.54, 1.807) is 43.7 Å². The number of amides is 2. The molecular weight excluding hydrogens is 425 g/mol. The Balaban J connectivity index is 1.54. The average molecular weight is 454 g/mol. The zero-order chi connectivity index (χ0) is 24.0. The number of nitrogens with two attached hydrogens (primary N) is 1. The molecule has 0 spiro atoms. The van der Waals surface area contributed by atoms with Crippen LogP contribution in [-0.4, -0.2) is 50.9 Å². The second kappa shape index (κ2) is 8.15. The topological polar surface area (TPSA) is 102 Å². The second-order valence-corrected chi connectivity index (χ2v) is 9.47. The minimum Gasteiger partial charge on any atom is -0.444 e. The molecule has 8 nitrogen and oxygen atoms in total. The molecule has 2 amide bonds. The zero-order valence-electron chi connectivity index (χ0n) is 19.2. The number of aromatic nitrogens is 2. The Hall–Kier alpha value is -3.46. The SMILES string of the molecule is Cn1nc(-c2ccc(F)cc2)c2cc(NC(=O)C3(N)CCN(C(=O)OC(C)(C)C)C3)ccc21. The smallest absolute Gasteiger partial charge is 0.410 e. The van der Waals surface area contributed by atoms with Crippen LogP contribution in [0.25, 0.3) is 22.2 Å². The molecule has 1 aromatic heterocycles. The molecule has 2 heterocycles. The van der Waals surface area contributed by atoms with E-state index < -0.39 is 17.2 Å². The predicted octanol–water partition coefficient (Wildman–Crippen LogP) is 3.66. The van der Waals surface area contributed by atoms with Crippen LogP contribution in [0.15, 0.2) is 42.5 Å². The Kier molecular flexibility index (Phi) is 5.61. The van der Waals surface area contributed by atoms with Crippen LogP contribution >= 0.6 is 0 Å². The van der Waals surface area contributed by atoms with Crippen LogP contribution < -0.4 is 11.1 Å². The summed E-state index contributed by atoms with van der Waals surface area (Å²) in [6.45, 7) is 5.79. The number of rotatable bonds is 3. The first-order chi connectivity index (χ1) is 15.4. The van der Waals surface area contributed by atoms with E-state index in [2.05, 4.69) is 10.4 Å². The number of aryl methyl sites for hydroxylation is 1. The third-order valence-electron chi connectivity index (χ3n) is 5.63. The highest BCUT2D eigenvalue weighted by atomic mass is 19.1. The van der Waals surface area contributed by atoms with Crippen molar-refractivity contribution in [1.29, 1.82) is 0 Å². The molecule has 9 heteroatoms. The van der Waals surface area contributed by atoms with Crippen LogP contribution in [0.5, 0.6) is 0 Å². The van der Waals surface area contributed by atoms with Gasteiger partial charge in [-0.3, -0.25) is 9.48 Å². The van der Waals surface area contributed by atoms with Gasteiger partial charge in [-0.05, 0) is 69.7 Å². The summed E-state index contributed by atoms with van der Waals surface area (Å²) in [5, 5.41) is 8.25. The summed E-state index contributed by atoms with van der Waals surface area (Å²) in [6.07, 6.45) is -0.156. The summed E-state index contributed by atoms with van der Waals surface area (Å²) in [5.41, 5.74) is 7.41. The minimum atomic E-state index is -1.22. The van der Waals surface area contributed by atoms with Crippen molar-refractivity contribution >= 4 is 28.6 Å². The third kappa shape index (κ3) is 4.68. The maximum absolute atomic E-state index is 13.4. The number of ether oxygens (including phenoxy) is 1. The van der Waals surface area contributed by atoms with Gasteiger partial charge in [0.2, 0.25) is 5.91 Å². The molecule has 1 atom stereocenters. The molecule has 0 aliphatic carbocycles. The maximum Gasteiger partial charge on any atom is 0.410 e. The Bertz CT molecular complexity index is 1220. The summed E-state index contributed by atoms with van der Waals surface area (Å²) in [4.78, 5) is 26.9. The van der Waals surface area contributed by atoms with Crippen LogP contribution in [0.1, 0.15) is 27.2 Å². The highest BCUT2D eigenvalue weighted by molar-refractivity contribution is 6.02. The molecule has 4 rings (SSSR count). The first kappa shape index (κ1) is 22.7. The molecule has 3 aromatic rings. The van der Waals surface area contributed by atoms with Gasteiger partial charge in [-0.15, -0.1) is 0 Å². The molecule has 33 heavy (non-hydrogen) atoms. The second-order valence-electron chi connectivity index (χ2n) is 9.47. The van der Waals surface area contributed by atoms with Gasteiger partial charge >= 0.3 is 6.09 Å². The molecule has 174 valence electrons. The van der Waals surface area contributed by atoms with Crippen molar-refractivity contribution in [3.63, 3.8) is 0 Å². The Labute approximate surface area is 191 Å².